The molecule has 1 saturated carbocycles. The van der Waals surface area contributed by atoms with E-state index in [-0.39, 0.29) is 23.2 Å². The number of benzene rings is 2. The third-order valence-electron chi connectivity index (χ3n) is 7.71. The number of amides is 1. The van der Waals surface area contributed by atoms with E-state index in [1.54, 1.807) is 29.2 Å². The molecule has 3 heterocycles. The first-order chi connectivity index (χ1) is 20.0. The van der Waals surface area contributed by atoms with Crippen molar-refractivity contribution in [2.75, 3.05) is 24.5 Å². The predicted octanol–water partition coefficient (Wildman–Crippen LogP) is 1.64. The van der Waals surface area contributed by atoms with Crippen LogP contribution in [0.3, 0.4) is 0 Å². The van der Waals surface area contributed by atoms with Gasteiger partial charge < -0.3 is 10.6 Å². The van der Waals surface area contributed by atoms with Crippen LogP contribution in [-0.4, -0.2) is 51.3 Å². The Morgan fingerprint density at radius 3 is 2.51 bits per heavy atom. The molecule has 1 aliphatic carbocycles. The Bertz CT molecular complexity index is 1620. The molecule has 0 radical (unpaired) electrons. The molecule has 3 N–H and O–H groups in total. The van der Waals surface area contributed by atoms with E-state index in [0.717, 1.165) is 30.6 Å². The zero-order chi connectivity index (χ0) is 28.3. The van der Waals surface area contributed by atoms with Crippen LogP contribution in [0, 0.1) is 17.7 Å². The van der Waals surface area contributed by atoms with Crippen LogP contribution in [0.1, 0.15) is 30.0 Å². The Balaban J connectivity index is 1.15. The highest BCUT2D eigenvalue weighted by molar-refractivity contribution is 5.80. The van der Waals surface area contributed by atoms with E-state index in [9.17, 15) is 14.0 Å². The number of anilines is 1. The lowest BCUT2D eigenvalue weighted by atomic mass is 10.00. The summed E-state index contributed by atoms with van der Waals surface area (Å²) in [5.74, 6) is 0.972. The van der Waals surface area contributed by atoms with E-state index in [0.29, 0.717) is 48.7 Å². The van der Waals surface area contributed by atoms with Crippen LogP contribution in [0.25, 0.3) is 17.1 Å². The normalized spacial score (nSPS) is 18.4. The number of primary amides is 1. The summed E-state index contributed by atoms with van der Waals surface area (Å²) < 4.78 is 14.8. The molecule has 0 bridgehead atoms. The van der Waals surface area contributed by atoms with Gasteiger partial charge in [-0.3, -0.25) is 19.1 Å². The molecule has 1 saturated heterocycles. The summed E-state index contributed by atoms with van der Waals surface area (Å²) in [5, 5.41) is 0. The first kappa shape index (κ1) is 26.5. The van der Waals surface area contributed by atoms with Crippen molar-refractivity contribution >= 4 is 17.9 Å². The van der Waals surface area contributed by atoms with Gasteiger partial charge in [-0.05, 0) is 66.8 Å². The predicted molar refractivity (Wildman–Crippen MR) is 153 cm³/mol. The molecule has 2 atom stereocenters. The van der Waals surface area contributed by atoms with Gasteiger partial charge >= 0.3 is 0 Å². The minimum atomic E-state index is -0.365. The van der Waals surface area contributed by atoms with E-state index in [1.165, 1.54) is 17.7 Å². The fourth-order valence-electron chi connectivity index (χ4n) is 5.20. The van der Waals surface area contributed by atoms with Gasteiger partial charge in [0.05, 0.1) is 11.6 Å². The van der Waals surface area contributed by atoms with E-state index in [4.69, 9.17) is 10.7 Å². The van der Waals surface area contributed by atoms with Gasteiger partial charge in [-0.15, -0.1) is 0 Å². The van der Waals surface area contributed by atoms with Crippen molar-refractivity contribution < 1.29 is 14.2 Å². The number of nitrogens with two attached hydrogens (primary N) is 1. The van der Waals surface area contributed by atoms with Crippen LogP contribution in [0.5, 0.6) is 0 Å². The number of aryl methyl sites for hydroxylation is 1. The second-order valence-corrected chi connectivity index (χ2v) is 10.6. The van der Waals surface area contributed by atoms with Crippen molar-refractivity contribution in [3.8, 4) is 17.1 Å². The minimum Gasteiger partial charge on any atom is -0.369 e. The smallest absolute Gasteiger partial charge is 0.298 e. The first-order valence-electron chi connectivity index (χ1n) is 13.8. The van der Waals surface area contributed by atoms with Crippen molar-refractivity contribution in [1.29, 1.82) is 0 Å². The zero-order valence-electron chi connectivity index (χ0n) is 22.5. The number of aromatic nitrogens is 4. The van der Waals surface area contributed by atoms with Gasteiger partial charge in [0, 0.05) is 55.3 Å². The third kappa shape index (κ3) is 5.91. The van der Waals surface area contributed by atoms with Crippen LogP contribution in [0.4, 0.5) is 10.2 Å². The van der Waals surface area contributed by atoms with Gasteiger partial charge in [-0.25, -0.2) is 19.3 Å². The summed E-state index contributed by atoms with van der Waals surface area (Å²) in [6.45, 7) is 1.54. The lowest BCUT2D eigenvalue weighted by molar-refractivity contribution is -0.454. The Labute approximate surface area is 236 Å². The molecule has 1 aliphatic heterocycles. The summed E-state index contributed by atoms with van der Waals surface area (Å²) in [4.78, 5) is 43.6. The highest BCUT2D eigenvalue weighted by Gasteiger charge is 2.39. The minimum absolute atomic E-state index is 0.211. The van der Waals surface area contributed by atoms with Crippen molar-refractivity contribution in [3.05, 3.63) is 101 Å². The highest BCUT2D eigenvalue weighted by Crippen LogP contribution is 2.45. The molecule has 10 heteroatoms. The van der Waals surface area contributed by atoms with E-state index < -0.39 is 0 Å². The Morgan fingerprint density at radius 1 is 1.07 bits per heavy atom. The molecular formula is C31H31FN7O2+. The highest BCUT2D eigenvalue weighted by atomic mass is 19.1. The summed E-state index contributed by atoms with van der Waals surface area (Å²) in [5.41, 5.74) is 8.72. The molecule has 41 heavy (non-hydrogen) atoms. The number of rotatable bonds is 10. The molecule has 6 rings (SSSR count). The van der Waals surface area contributed by atoms with Crippen LogP contribution < -0.4 is 21.2 Å². The molecule has 2 aromatic carbocycles. The maximum absolute atomic E-state index is 13.5. The largest absolute Gasteiger partial charge is 0.369 e. The molecular weight excluding hydrogens is 521 g/mol. The topological polar surface area (TPSA) is 121 Å². The van der Waals surface area contributed by atoms with Gasteiger partial charge in [0.2, 0.25) is 5.91 Å². The van der Waals surface area contributed by atoms with Gasteiger partial charge in [-0.2, -0.15) is 0 Å². The molecule has 2 aliphatic rings. The van der Waals surface area contributed by atoms with Crippen molar-refractivity contribution in [1.82, 2.24) is 19.5 Å². The van der Waals surface area contributed by atoms with Gasteiger partial charge in [-0.1, -0.05) is 12.1 Å². The Hall–Kier alpha value is -4.73. The second kappa shape index (κ2) is 11.4. The van der Waals surface area contributed by atoms with Crippen LogP contribution >= 0.6 is 0 Å². The third-order valence-corrected chi connectivity index (χ3v) is 7.71. The van der Waals surface area contributed by atoms with Crippen molar-refractivity contribution in [3.63, 3.8) is 0 Å². The van der Waals surface area contributed by atoms with Crippen LogP contribution in [0.2, 0.25) is 0 Å². The SMILES string of the molecule is NC(=O)C1CN(c2nc(CCC[NH+]=CC3C[C@H]3c3ccc(F)cc3)cn(-c3ccc(-c4ncccn4)cc3)c2=O)C1. The average molecular weight is 553 g/mol. The fraction of sp³-hybridized carbons (Fsp3) is 0.290. The van der Waals surface area contributed by atoms with E-state index in [1.807, 2.05) is 41.3 Å². The van der Waals surface area contributed by atoms with Crippen molar-refractivity contribution in [2.24, 2.45) is 17.6 Å². The summed E-state index contributed by atoms with van der Waals surface area (Å²) in [7, 11) is 0. The molecule has 208 valence electrons. The number of nitrogens with zero attached hydrogens (tertiary/aromatic N) is 5. The summed E-state index contributed by atoms with van der Waals surface area (Å²) in [6.07, 6.45) is 9.86. The first-order valence-corrected chi connectivity index (χ1v) is 13.8. The monoisotopic (exact) mass is 552 g/mol. The maximum Gasteiger partial charge on any atom is 0.298 e. The quantitative estimate of drug-likeness (QED) is 0.228. The second-order valence-electron chi connectivity index (χ2n) is 10.6. The van der Waals surface area contributed by atoms with Gasteiger partial charge in [0.25, 0.3) is 5.56 Å². The average Bonchev–Trinajstić information content (AvgIpc) is 3.74. The number of nitrogens with one attached hydrogen (secondary N) is 1. The standard InChI is InChI=1S/C31H30FN7O2/c32-24-8-4-20(5-9-24)27-15-22(27)16-34-12-1-3-25-19-39(31(41)30(37-25)38-17-23(18-38)28(33)40)26-10-6-21(7-11-26)29-35-13-2-14-36-29/h2,4-11,13-14,16,19,22-23,27H,1,3,12,15,17-18H2,(H2,33,40)/p+1/t22?,27-/m0/s1. The number of carbonyl (C=O) groups is 1. The number of halogens is 1. The fourth-order valence-corrected chi connectivity index (χ4v) is 5.20. The maximum atomic E-state index is 13.5. The molecule has 0 spiro atoms. The van der Waals surface area contributed by atoms with Gasteiger partial charge in [0.1, 0.15) is 18.6 Å². The lowest BCUT2D eigenvalue weighted by Gasteiger charge is -2.38. The molecule has 4 aromatic rings. The van der Waals surface area contributed by atoms with Crippen LogP contribution in [0.15, 0.2) is 78.0 Å². The van der Waals surface area contributed by atoms with Crippen molar-refractivity contribution in [2.45, 2.75) is 25.2 Å². The molecule has 1 unspecified atom stereocenters. The molecule has 2 fully saturated rings. The number of carbonyl (C=O) groups excluding carboxylic acids is 1. The number of hydrogen-bond donors (Lipinski definition) is 2. The zero-order valence-corrected chi connectivity index (χ0v) is 22.5. The molecule has 1 amide bonds. The number of hydrogen-bond acceptors (Lipinski definition) is 6. The van der Waals surface area contributed by atoms with Gasteiger partial charge in [0.15, 0.2) is 11.6 Å². The Kier molecular flexibility index (Phi) is 7.37. The summed E-state index contributed by atoms with van der Waals surface area (Å²) in [6, 6.07) is 16.0. The molecule has 9 nitrogen and oxygen atoms in total. The van der Waals surface area contributed by atoms with Crippen LogP contribution in [-0.2, 0) is 11.2 Å². The van der Waals surface area contributed by atoms with E-state index in [2.05, 4.69) is 21.2 Å². The summed E-state index contributed by atoms with van der Waals surface area (Å²) >= 11 is 0. The Morgan fingerprint density at radius 2 is 1.80 bits per heavy atom. The lowest BCUT2D eigenvalue weighted by Crippen LogP contribution is -2.69. The van der Waals surface area contributed by atoms with E-state index >= 15 is 0 Å². The molecule has 2 aromatic heterocycles.